The SMILES string of the molecule is O=C(c1ccc(S(=O)(=O)NCCN2CCc3ccccc32)cc1)C1CC1. The summed E-state index contributed by atoms with van der Waals surface area (Å²) in [7, 11) is -3.56. The van der Waals surface area contributed by atoms with Gasteiger partial charge >= 0.3 is 0 Å². The average Bonchev–Trinajstić information content (AvgIpc) is 3.43. The van der Waals surface area contributed by atoms with Crippen molar-refractivity contribution in [3.63, 3.8) is 0 Å². The van der Waals surface area contributed by atoms with Gasteiger partial charge in [-0.05, 0) is 43.0 Å². The minimum Gasteiger partial charge on any atom is -0.370 e. The van der Waals surface area contributed by atoms with Crippen LogP contribution >= 0.6 is 0 Å². The molecule has 2 aromatic carbocycles. The maximum Gasteiger partial charge on any atom is 0.240 e. The number of rotatable bonds is 7. The van der Waals surface area contributed by atoms with Crippen molar-refractivity contribution in [2.75, 3.05) is 24.5 Å². The summed E-state index contributed by atoms with van der Waals surface area (Å²) < 4.78 is 27.6. The summed E-state index contributed by atoms with van der Waals surface area (Å²) in [6.45, 7) is 1.90. The average molecular weight is 370 g/mol. The number of anilines is 1. The normalized spacial score (nSPS) is 16.5. The Morgan fingerprint density at radius 2 is 1.81 bits per heavy atom. The Balaban J connectivity index is 1.36. The van der Waals surface area contributed by atoms with Gasteiger partial charge in [-0.1, -0.05) is 30.3 Å². The van der Waals surface area contributed by atoms with Crippen molar-refractivity contribution in [2.24, 2.45) is 5.92 Å². The quantitative estimate of drug-likeness (QED) is 0.761. The van der Waals surface area contributed by atoms with E-state index >= 15 is 0 Å². The van der Waals surface area contributed by atoms with Gasteiger partial charge in [0.1, 0.15) is 0 Å². The number of carbonyl (C=O) groups excluding carboxylic acids is 1. The highest BCUT2D eigenvalue weighted by Crippen LogP contribution is 2.32. The van der Waals surface area contributed by atoms with Gasteiger partial charge in [-0.15, -0.1) is 0 Å². The van der Waals surface area contributed by atoms with E-state index in [1.807, 2.05) is 12.1 Å². The second kappa shape index (κ2) is 6.85. The number of sulfonamides is 1. The second-order valence-electron chi connectivity index (χ2n) is 6.93. The molecule has 2 aromatic rings. The van der Waals surface area contributed by atoms with E-state index < -0.39 is 10.0 Å². The van der Waals surface area contributed by atoms with Gasteiger partial charge in [-0.25, -0.2) is 13.1 Å². The summed E-state index contributed by atoms with van der Waals surface area (Å²) >= 11 is 0. The minimum absolute atomic E-state index is 0.120. The summed E-state index contributed by atoms with van der Waals surface area (Å²) in [6, 6.07) is 14.5. The Morgan fingerprint density at radius 3 is 2.54 bits per heavy atom. The molecule has 136 valence electrons. The summed E-state index contributed by atoms with van der Waals surface area (Å²) in [4.78, 5) is 14.4. The van der Waals surface area contributed by atoms with Gasteiger partial charge in [0.25, 0.3) is 0 Å². The molecule has 1 saturated carbocycles. The van der Waals surface area contributed by atoms with Crippen LogP contribution in [0.4, 0.5) is 5.69 Å². The number of ketones is 1. The van der Waals surface area contributed by atoms with Gasteiger partial charge in [0.05, 0.1) is 4.90 Å². The van der Waals surface area contributed by atoms with Gasteiger partial charge in [0, 0.05) is 36.8 Å². The van der Waals surface area contributed by atoms with Crippen LogP contribution in [0, 0.1) is 5.92 Å². The topological polar surface area (TPSA) is 66.5 Å². The van der Waals surface area contributed by atoms with E-state index in [4.69, 9.17) is 0 Å². The Hall–Kier alpha value is -2.18. The van der Waals surface area contributed by atoms with Crippen LogP contribution in [0.5, 0.6) is 0 Å². The van der Waals surface area contributed by atoms with Crippen LogP contribution in [0.2, 0.25) is 0 Å². The molecular formula is C20H22N2O3S. The van der Waals surface area contributed by atoms with Crippen molar-refractivity contribution in [2.45, 2.75) is 24.2 Å². The van der Waals surface area contributed by atoms with E-state index in [0.717, 1.165) is 25.8 Å². The lowest BCUT2D eigenvalue weighted by Crippen LogP contribution is -2.34. The van der Waals surface area contributed by atoms with Gasteiger partial charge in [0.2, 0.25) is 10.0 Å². The first-order chi connectivity index (χ1) is 12.5. The molecule has 4 rings (SSSR count). The number of hydrogen-bond acceptors (Lipinski definition) is 4. The van der Waals surface area contributed by atoms with Gasteiger partial charge < -0.3 is 4.90 Å². The molecule has 0 aromatic heterocycles. The van der Waals surface area contributed by atoms with Crippen molar-refractivity contribution < 1.29 is 13.2 Å². The van der Waals surface area contributed by atoms with E-state index in [9.17, 15) is 13.2 Å². The van der Waals surface area contributed by atoms with Crippen LogP contribution in [0.1, 0.15) is 28.8 Å². The molecule has 6 heteroatoms. The predicted molar refractivity (Wildman–Crippen MR) is 101 cm³/mol. The number of fused-ring (bicyclic) bond motifs is 1. The Bertz CT molecular complexity index is 918. The molecule has 1 aliphatic heterocycles. The van der Waals surface area contributed by atoms with Gasteiger partial charge in [-0.2, -0.15) is 0 Å². The largest absolute Gasteiger partial charge is 0.370 e. The first kappa shape index (κ1) is 17.2. The highest BCUT2D eigenvalue weighted by atomic mass is 32.2. The summed E-state index contributed by atoms with van der Waals surface area (Å²) in [6.07, 6.45) is 2.89. The third-order valence-electron chi connectivity index (χ3n) is 5.05. The maximum atomic E-state index is 12.5. The molecule has 0 atom stereocenters. The summed E-state index contributed by atoms with van der Waals surface area (Å²) in [5, 5.41) is 0. The van der Waals surface area contributed by atoms with Crippen molar-refractivity contribution >= 4 is 21.5 Å². The number of para-hydroxylation sites is 1. The molecule has 5 nitrogen and oxygen atoms in total. The monoisotopic (exact) mass is 370 g/mol. The van der Waals surface area contributed by atoms with E-state index in [1.165, 1.54) is 23.4 Å². The minimum atomic E-state index is -3.56. The van der Waals surface area contributed by atoms with Crippen LogP contribution in [-0.2, 0) is 16.4 Å². The van der Waals surface area contributed by atoms with E-state index in [1.54, 1.807) is 12.1 Å². The van der Waals surface area contributed by atoms with Gasteiger partial charge in [-0.3, -0.25) is 4.79 Å². The number of carbonyl (C=O) groups is 1. The molecule has 0 saturated heterocycles. The fourth-order valence-corrected chi connectivity index (χ4v) is 4.44. The van der Waals surface area contributed by atoms with E-state index in [0.29, 0.717) is 18.7 Å². The summed E-state index contributed by atoms with van der Waals surface area (Å²) in [5.41, 5.74) is 3.10. The Kier molecular flexibility index (Phi) is 4.54. The fraction of sp³-hybridized carbons (Fsp3) is 0.350. The third kappa shape index (κ3) is 3.52. The van der Waals surface area contributed by atoms with Crippen LogP contribution in [-0.4, -0.2) is 33.8 Å². The van der Waals surface area contributed by atoms with E-state index in [2.05, 4.69) is 21.8 Å². The Labute approximate surface area is 154 Å². The molecule has 1 N–H and O–H groups in total. The standard InChI is InChI=1S/C20H22N2O3S/c23-20(16-5-6-16)17-7-9-18(10-8-17)26(24,25)21-12-14-22-13-11-15-3-1-2-4-19(15)22/h1-4,7-10,16,21H,5-6,11-14H2. The molecule has 0 unspecified atom stereocenters. The van der Waals surface area contributed by atoms with Crippen LogP contribution in [0.15, 0.2) is 53.4 Å². The first-order valence-electron chi connectivity index (χ1n) is 9.01. The van der Waals surface area contributed by atoms with Crippen LogP contribution in [0.3, 0.4) is 0 Å². The fourth-order valence-electron chi connectivity index (χ4n) is 3.42. The van der Waals surface area contributed by atoms with E-state index in [-0.39, 0.29) is 16.6 Å². The lowest BCUT2D eigenvalue weighted by Gasteiger charge is -2.19. The highest BCUT2D eigenvalue weighted by Gasteiger charge is 2.30. The number of hydrogen-bond donors (Lipinski definition) is 1. The zero-order valence-corrected chi connectivity index (χ0v) is 15.3. The molecule has 0 amide bonds. The van der Waals surface area contributed by atoms with Crippen molar-refractivity contribution in [3.8, 4) is 0 Å². The molecule has 1 aliphatic carbocycles. The van der Waals surface area contributed by atoms with Crippen molar-refractivity contribution in [1.82, 2.24) is 4.72 Å². The number of benzene rings is 2. The van der Waals surface area contributed by atoms with Crippen molar-refractivity contribution in [3.05, 3.63) is 59.7 Å². The molecular weight excluding hydrogens is 348 g/mol. The Morgan fingerprint density at radius 1 is 1.08 bits per heavy atom. The van der Waals surface area contributed by atoms with Crippen LogP contribution in [0.25, 0.3) is 0 Å². The second-order valence-corrected chi connectivity index (χ2v) is 8.69. The number of Topliss-reactive ketones (excluding diaryl/α,β-unsaturated/α-hetero) is 1. The van der Waals surface area contributed by atoms with Crippen molar-refractivity contribution in [1.29, 1.82) is 0 Å². The number of nitrogens with zero attached hydrogens (tertiary/aromatic N) is 1. The molecule has 2 aliphatic rings. The van der Waals surface area contributed by atoms with Gasteiger partial charge in [0.15, 0.2) is 5.78 Å². The molecule has 26 heavy (non-hydrogen) atoms. The highest BCUT2D eigenvalue weighted by molar-refractivity contribution is 7.89. The zero-order valence-electron chi connectivity index (χ0n) is 14.5. The molecule has 1 heterocycles. The third-order valence-corrected chi connectivity index (χ3v) is 6.53. The predicted octanol–water partition coefficient (Wildman–Crippen LogP) is 2.62. The number of nitrogens with one attached hydrogen (secondary N) is 1. The molecule has 0 spiro atoms. The molecule has 0 radical (unpaired) electrons. The maximum absolute atomic E-state index is 12.5. The lowest BCUT2D eigenvalue weighted by atomic mass is 10.1. The smallest absolute Gasteiger partial charge is 0.240 e. The zero-order chi connectivity index (χ0) is 18.1. The molecule has 1 fully saturated rings. The first-order valence-corrected chi connectivity index (χ1v) is 10.5. The molecule has 0 bridgehead atoms. The van der Waals surface area contributed by atoms with Crippen LogP contribution < -0.4 is 9.62 Å². The summed E-state index contributed by atoms with van der Waals surface area (Å²) in [5.74, 6) is 0.258. The lowest BCUT2D eigenvalue weighted by molar-refractivity contribution is 0.0967.